The maximum Gasteiger partial charge on any atom is 0.273 e. The van der Waals surface area contributed by atoms with Crippen molar-refractivity contribution >= 4 is 23.2 Å². The van der Waals surface area contributed by atoms with E-state index in [-0.39, 0.29) is 5.91 Å². The lowest BCUT2D eigenvalue weighted by atomic mass is 10.2. The summed E-state index contributed by atoms with van der Waals surface area (Å²) in [6.07, 6.45) is 0. The second-order valence-corrected chi connectivity index (χ2v) is 4.69. The fraction of sp³-hybridized carbons (Fsp3) is 0.231. The lowest BCUT2D eigenvalue weighted by Gasteiger charge is -2.08. The Hall–Kier alpha value is -2.01. The Labute approximate surface area is 116 Å². The molecule has 1 aromatic carbocycles. The van der Waals surface area contributed by atoms with Crippen molar-refractivity contribution in [3.05, 3.63) is 46.2 Å². The van der Waals surface area contributed by atoms with Gasteiger partial charge < -0.3 is 0 Å². The first-order chi connectivity index (χ1) is 8.99. The second kappa shape index (κ2) is 5.32. The molecule has 6 heteroatoms. The molecule has 100 valence electrons. The Morgan fingerprint density at radius 1 is 1.26 bits per heavy atom. The van der Waals surface area contributed by atoms with Crippen molar-refractivity contribution in [2.75, 3.05) is 5.43 Å². The van der Waals surface area contributed by atoms with E-state index in [0.717, 1.165) is 11.4 Å². The van der Waals surface area contributed by atoms with Gasteiger partial charge in [-0.1, -0.05) is 11.6 Å². The van der Waals surface area contributed by atoms with Crippen LogP contribution in [0.3, 0.4) is 0 Å². The zero-order chi connectivity index (χ0) is 14.0. The number of hydrogen-bond acceptors (Lipinski definition) is 3. The molecular weight excluding hydrogens is 264 g/mol. The Kier molecular flexibility index (Phi) is 3.76. The van der Waals surface area contributed by atoms with Gasteiger partial charge in [-0.3, -0.25) is 20.3 Å². The predicted molar refractivity (Wildman–Crippen MR) is 75.2 cm³/mol. The Morgan fingerprint density at radius 3 is 2.42 bits per heavy atom. The second-order valence-electron chi connectivity index (χ2n) is 4.26. The van der Waals surface area contributed by atoms with E-state index in [4.69, 9.17) is 11.6 Å². The van der Waals surface area contributed by atoms with Gasteiger partial charge in [0.05, 0.1) is 16.9 Å². The van der Waals surface area contributed by atoms with Crippen LogP contribution in [0.15, 0.2) is 24.3 Å². The maximum atomic E-state index is 12.1. The molecule has 0 atom stereocenters. The molecule has 0 radical (unpaired) electrons. The van der Waals surface area contributed by atoms with Gasteiger partial charge in [0.15, 0.2) is 0 Å². The van der Waals surface area contributed by atoms with Crippen LogP contribution in [0.25, 0.3) is 0 Å². The number of aromatic nitrogens is 2. The SMILES string of the molecule is Cc1nn(C)c(C)c1C(=O)NNc1ccc(Cl)cc1. The molecular formula is C13H15ClN4O. The maximum absolute atomic E-state index is 12.1. The quantitative estimate of drug-likeness (QED) is 0.848. The van der Waals surface area contributed by atoms with Crippen LogP contribution < -0.4 is 10.9 Å². The Balaban J connectivity index is 2.07. The molecule has 0 aliphatic heterocycles. The summed E-state index contributed by atoms with van der Waals surface area (Å²) in [5.41, 5.74) is 8.36. The molecule has 19 heavy (non-hydrogen) atoms. The third-order valence-electron chi connectivity index (χ3n) is 2.90. The third-order valence-corrected chi connectivity index (χ3v) is 3.15. The fourth-order valence-corrected chi connectivity index (χ4v) is 1.95. The van der Waals surface area contributed by atoms with Crippen LogP contribution in [-0.2, 0) is 7.05 Å². The summed E-state index contributed by atoms with van der Waals surface area (Å²) < 4.78 is 1.69. The highest BCUT2D eigenvalue weighted by atomic mass is 35.5. The Morgan fingerprint density at radius 2 is 1.89 bits per heavy atom. The molecule has 2 rings (SSSR count). The lowest BCUT2D eigenvalue weighted by molar-refractivity contribution is 0.0961. The van der Waals surface area contributed by atoms with E-state index in [1.165, 1.54) is 0 Å². The first-order valence-corrected chi connectivity index (χ1v) is 6.19. The normalized spacial score (nSPS) is 10.3. The first-order valence-electron chi connectivity index (χ1n) is 5.81. The molecule has 0 spiro atoms. The molecule has 2 aromatic rings. The topological polar surface area (TPSA) is 59.0 Å². The van der Waals surface area contributed by atoms with Crippen molar-refractivity contribution in [2.24, 2.45) is 7.05 Å². The van der Waals surface area contributed by atoms with Gasteiger partial charge in [-0.2, -0.15) is 5.10 Å². The molecule has 5 nitrogen and oxygen atoms in total. The minimum Gasteiger partial charge on any atom is -0.298 e. The number of benzene rings is 1. The lowest BCUT2D eigenvalue weighted by Crippen LogP contribution is -2.30. The van der Waals surface area contributed by atoms with Gasteiger partial charge in [-0.05, 0) is 38.1 Å². The predicted octanol–water partition coefficient (Wildman–Crippen LogP) is 2.45. The molecule has 0 aliphatic rings. The minimum atomic E-state index is -0.210. The number of nitrogens with zero attached hydrogens (tertiary/aromatic N) is 2. The number of nitrogens with one attached hydrogen (secondary N) is 2. The molecule has 0 saturated carbocycles. The molecule has 1 amide bonds. The number of halogens is 1. The number of carbonyl (C=O) groups is 1. The Bertz CT molecular complexity index is 604. The van der Waals surface area contributed by atoms with Gasteiger partial charge in [-0.15, -0.1) is 0 Å². The average Bonchev–Trinajstić information content (AvgIpc) is 2.62. The van der Waals surface area contributed by atoms with Gasteiger partial charge in [0.2, 0.25) is 0 Å². The van der Waals surface area contributed by atoms with Gasteiger partial charge in [-0.25, -0.2) is 0 Å². The van der Waals surface area contributed by atoms with Crippen molar-refractivity contribution in [1.82, 2.24) is 15.2 Å². The largest absolute Gasteiger partial charge is 0.298 e. The zero-order valence-corrected chi connectivity index (χ0v) is 11.7. The number of aryl methyl sites for hydroxylation is 2. The number of hydrazine groups is 1. The average molecular weight is 279 g/mol. The number of rotatable bonds is 3. The van der Waals surface area contributed by atoms with Crippen molar-refractivity contribution in [2.45, 2.75) is 13.8 Å². The van der Waals surface area contributed by atoms with E-state index in [1.807, 2.05) is 20.9 Å². The standard InChI is InChI=1S/C13H15ClN4O/c1-8-12(9(2)18(3)17-8)13(19)16-15-11-6-4-10(14)5-7-11/h4-7,15H,1-3H3,(H,16,19). The van der Waals surface area contributed by atoms with Crippen LogP contribution in [-0.4, -0.2) is 15.7 Å². The van der Waals surface area contributed by atoms with Gasteiger partial charge in [0.1, 0.15) is 0 Å². The van der Waals surface area contributed by atoms with Crippen molar-refractivity contribution in [1.29, 1.82) is 0 Å². The summed E-state index contributed by atoms with van der Waals surface area (Å²) in [6, 6.07) is 7.06. The van der Waals surface area contributed by atoms with Gasteiger partial charge in [0.25, 0.3) is 5.91 Å². The number of amides is 1. The number of anilines is 1. The van der Waals surface area contributed by atoms with E-state index >= 15 is 0 Å². The molecule has 0 fully saturated rings. The first kappa shape index (κ1) is 13.4. The zero-order valence-electron chi connectivity index (χ0n) is 11.0. The van der Waals surface area contributed by atoms with E-state index in [9.17, 15) is 4.79 Å². The summed E-state index contributed by atoms with van der Waals surface area (Å²) >= 11 is 5.79. The molecule has 1 aromatic heterocycles. The van der Waals surface area contributed by atoms with Crippen LogP contribution >= 0.6 is 11.6 Å². The summed E-state index contributed by atoms with van der Waals surface area (Å²) in [7, 11) is 1.81. The minimum absolute atomic E-state index is 0.210. The van der Waals surface area contributed by atoms with Crippen LogP contribution in [0.1, 0.15) is 21.7 Å². The molecule has 0 bridgehead atoms. The van der Waals surface area contributed by atoms with E-state index < -0.39 is 0 Å². The molecule has 1 heterocycles. The van der Waals surface area contributed by atoms with Gasteiger partial charge in [0, 0.05) is 17.8 Å². The molecule has 0 unspecified atom stereocenters. The highest BCUT2D eigenvalue weighted by Crippen LogP contribution is 2.14. The smallest absolute Gasteiger partial charge is 0.273 e. The van der Waals surface area contributed by atoms with Crippen molar-refractivity contribution in [3.8, 4) is 0 Å². The van der Waals surface area contributed by atoms with E-state index in [2.05, 4.69) is 16.0 Å². The van der Waals surface area contributed by atoms with E-state index in [1.54, 1.807) is 28.9 Å². The van der Waals surface area contributed by atoms with E-state index in [0.29, 0.717) is 16.3 Å². The summed E-state index contributed by atoms with van der Waals surface area (Å²) in [4.78, 5) is 12.1. The van der Waals surface area contributed by atoms with Crippen LogP contribution in [0.5, 0.6) is 0 Å². The van der Waals surface area contributed by atoms with Crippen LogP contribution in [0, 0.1) is 13.8 Å². The third kappa shape index (κ3) is 2.88. The molecule has 0 saturated heterocycles. The fourth-order valence-electron chi connectivity index (χ4n) is 1.83. The van der Waals surface area contributed by atoms with Crippen molar-refractivity contribution < 1.29 is 4.79 Å². The molecule has 0 aliphatic carbocycles. The summed E-state index contributed by atoms with van der Waals surface area (Å²) in [6.45, 7) is 3.67. The summed E-state index contributed by atoms with van der Waals surface area (Å²) in [5, 5.41) is 4.86. The van der Waals surface area contributed by atoms with Crippen LogP contribution in [0.4, 0.5) is 5.69 Å². The van der Waals surface area contributed by atoms with Gasteiger partial charge >= 0.3 is 0 Å². The van der Waals surface area contributed by atoms with Crippen molar-refractivity contribution in [3.63, 3.8) is 0 Å². The summed E-state index contributed by atoms with van der Waals surface area (Å²) in [5.74, 6) is -0.210. The van der Waals surface area contributed by atoms with Crippen LogP contribution in [0.2, 0.25) is 5.02 Å². The monoisotopic (exact) mass is 278 g/mol. The number of hydrogen-bond donors (Lipinski definition) is 2. The highest BCUT2D eigenvalue weighted by Gasteiger charge is 2.16. The number of carbonyl (C=O) groups excluding carboxylic acids is 1. The molecule has 2 N–H and O–H groups in total. The highest BCUT2D eigenvalue weighted by molar-refractivity contribution is 6.30.